The van der Waals surface area contributed by atoms with Crippen LogP contribution in [0.4, 0.5) is 0 Å². The number of carbonyl (C=O) groups is 1. The number of carbonyl (C=O) groups excluding carboxylic acids is 1. The molecule has 0 aromatic carbocycles. The van der Waals surface area contributed by atoms with Gasteiger partial charge in [0.15, 0.2) is 0 Å². The number of hydrogen-bond acceptors (Lipinski definition) is 2. The summed E-state index contributed by atoms with van der Waals surface area (Å²) in [5, 5.41) is 3.01. The summed E-state index contributed by atoms with van der Waals surface area (Å²) >= 11 is 0. The van der Waals surface area contributed by atoms with E-state index in [-0.39, 0.29) is 5.91 Å². The Morgan fingerprint density at radius 2 is 2.12 bits per heavy atom. The largest absolute Gasteiger partial charge is 0.467 e. The summed E-state index contributed by atoms with van der Waals surface area (Å²) in [6.45, 7) is 0.539. The summed E-state index contributed by atoms with van der Waals surface area (Å²) < 4.78 is 5.22. The van der Waals surface area contributed by atoms with Crippen molar-refractivity contribution in [2.75, 3.05) is 0 Å². The molecule has 17 heavy (non-hydrogen) atoms. The van der Waals surface area contributed by atoms with Gasteiger partial charge in [0.05, 0.1) is 12.8 Å². The lowest BCUT2D eigenvalue weighted by Gasteiger charge is -2.08. The molecule has 1 heterocycles. The highest BCUT2D eigenvalue weighted by atomic mass is 16.3. The number of nitrogens with one attached hydrogen (secondary N) is 1. The van der Waals surface area contributed by atoms with Crippen molar-refractivity contribution in [3.8, 4) is 0 Å². The first-order valence-corrected chi connectivity index (χ1v) is 6.64. The topological polar surface area (TPSA) is 42.2 Å². The third-order valence-corrected chi connectivity index (χ3v) is 5.06. The van der Waals surface area contributed by atoms with Crippen molar-refractivity contribution < 1.29 is 9.21 Å². The average Bonchev–Trinajstić information content (AvgIpc) is 2.80. The molecular weight excluding hydrogens is 214 g/mol. The molecule has 0 radical (unpaired) electrons. The summed E-state index contributed by atoms with van der Waals surface area (Å²) in [5.74, 6) is 4.61. The van der Waals surface area contributed by atoms with E-state index < -0.39 is 0 Å². The summed E-state index contributed by atoms with van der Waals surface area (Å²) in [5.41, 5.74) is 0. The van der Waals surface area contributed by atoms with Crippen molar-refractivity contribution in [2.24, 2.45) is 29.6 Å². The fraction of sp³-hybridized carbons (Fsp3) is 0.643. The van der Waals surface area contributed by atoms with Crippen LogP contribution in [0, 0.1) is 29.6 Å². The molecule has 1 N–H and O–H groups in total. The highest BCUT2D eigenvalue weighted by Gasteiger charge is 2.67. The van der Waals surface area contributed by atoms with Gasteiger partial charge in [0, 0.05) is 5.92 Å². The molecule has 4 atom stereocenters. The highest BCUT2D eigenvalue weighted by Crippen LogP contribution is 2.69. The lowest BCUT2D eigenvalue weighted by molar-refractivity contribution is -0.123. The first-order chi connectivity index (χ1) is 8.34. The lowest BCUT2D eigenvalue weighted by Crippen LogP contribution is -2.26. The average molecular weight is 231 g/mol. The van der Waals surface area contributed by atoms with Crippen molar-refractivity contribution in [3.63, 3.8) is 0 Å². The second-order valence-electron chi connectivity index (χ2n) is 5.81. The van der Waals surface area contributed by atoms with Crippen molar-refractivity contribution in [1.29, 1.82) is 0 Å². The van der Waals surface area contributed by atoms with Crippen LogP contribution in [0.3, 0.4) is 0 Å². The second-order valence-corrected chi connectivity index (χ2v) is 5.81. The van der Waals surface area contributed by atoms with Crippen LogP contribution < -0.4 is 5.32 Å². The van der Waals surface area contributed by atoms with Gasteiger partial charge in [0.25, 0.3) is 0 Å². The maximum Gasteiger partial charge on any atom is 0.224 e. The van der Waals surface area contributed by atoms with Gasteiger partial charge in [-0.25, -0.2) is 0 Å². The molecule has 3 fully saturated rings. The van der Waals surface area contributed by atoms with E-state index in [1.807, 2.05) is 12.1 Å². The van der Waals surface area contributed by atoms with Crippen LogP contribution in [0.2, 0.25) is 0 Å². The van der Waals surface area contributed by atoms with Gasteiger partial charge < -0.3 is 9.73 Å². The molecule has 3 heteroatoms. The Labute approximate surface area is 101 Å². The number of hydrogen-bond donors (Lipinski definition) is 1. The van der Waals surface area contributed by atoms with E-state index in [4.69, 9.17) is 4.42 Å². The number of furan rings is 1. The maximum absolute atomic E-state index is 12.1. The molecule has 0 saturated heterocycles. The Morgan fingerprint density at radius 1 is 1.35 bits per heavy atom. The van der Waals surface area contributed by atoms with E-state index in [9.17, 15) is 4.79 Å². The van der Waals surface area contributed by atoms with Crippen molar-refractivity contribution in [3.05, 3.63) is 24.2 Å². The van der Waals surface area contributed by atoms with Crippen LogP contribution in [0.25, 0.3) is 0 Å². The van der Waals surface area contributed by atoms with E-state index in [2.05, 4.69) is 5.32 Å². The predicted molar refractivity (Wildman–Crippen MR) is 61.9 cm³/mol. The first-order valence-electron chi connectivity index (χ1n) is 6.64. The molecule has 2 bridgehead atoms. The normalized spacial score (nSPS) is 41.3. The summed E-state index contributed by atoms with van der Waals surface area (Å²) in [6.07, 6.45) is 5.78. The standard InChI is InChI=1S/C14H17NO2/c16-14(15-7-10-2-1-5-17-10)13-11-8-3-4-9(6-8)12(11)13/h1-2,5,8-9,11-13H,3-4,6-7H2,(H,15,16)/t8-,9-,11-,12-/m0/s1. The molecule has 3 saturated carbocycles. The first kappa shape index (κ1) is 9.75. The Hall–Kier alpha value is -1.25. The Balaban J connectivity index is 1.37. The van der Waals surface area contributed by atoms with Crippen LogP contribution in [-0.2, 0) is 11.3 Å². The van der Waals surface area contributed by atoms with Gasteiger partial charge in [-0.2, -0.15) is 0 Å². The second kappa shape index (κ2) is 3.37. The van der Waals surface area contributed by atoms with E-state index in [0.29, 0.717) is 12.5 Å². The minimum atomic E-state index is 0.257. The van der Waals surface area contributed by atoms with E-state index in [0.717, 1.165) is 29.4 Å². The van der Waals surface area contributed by atoms with Gasteiger partial charge in [-0.3, -0.25) is 4.79 Å². The smallest absolute Gasteiger partial charge is 0.224 e. The Morgan fingerprint density at radius 3 is 2.76 bits per heavy atom. The molecule has 1 aromatic rings. The quantitative estimate of drug-likeness (QED) is 0.866. The van der Waals surface area contributed by atoms with Gasteiger partial charge in [0.1, 0.15) is 5.76 Å². The molecule has 3 nitrogen and oxygen atoms in total. The van der Waals surface area contributed by atoms with Crippen LogP contribution in [0.5, 0.6) is 0 Å². The SMILES string of the molecule is O=C(NCc1ccco1)C1[C@H]2[C@H]3CC[C@@H](C3)[C@H]12. The minimum Gasteiger partial charge on any atom is -0.467 e. The van der Waals surface area contributed by atoms with Gasteiger partial charge in [-0.1, -0.05) is 0 Å². The minimum absolute atomic E-state index is 0.257. The molecule has 0 unspecified atom stereocenters. The molecule has 3 aliphatic rings. The Bertz CT molecular complexity index is 423. The number of rotatable bonds is 3. The third-order valence-electron chi connectivity index (χ3n) is 5.06. The third kappa shape index (κ3) is 1.38. The monoisotopic (exact) mass is 231 g/mol. The molecule has 3 aliphatic carbocycles. The zero-order valence-electron chi connectivity index (χ0n) is 9.76. The molecule has 90 valence electrons. The van der Waals surface area contributed by atoms with Crippen molar-refractivity contribution in [1.82, 2.24) is 5.32 Å². The Kier molecular flexibility index (Phi) is 1.93. The van der Waals surface area contributed by atoms with Crippen molar-refractivity contribution in [2.45, 2.75) is 25.8 Å². The van der Waals surface area contributed by atoms with Crippen LogP contribution in [-0.4, -0.2) is 5.91 Å². The van der Waals surface area contributed by atoms with Gasteiger partial charge in [-0.15, -0.1) is 0 Å². The van der Waals surface area contributed by atoms with E-state index >= 15 is 0 Å². The van der Waals surface area contributed by atoms with E-state index in [1.54, 1.807) is 6.26 Å². The van der Waals surface area contributed by atoms with Crippen LogP contribution in [0.15, 0.2) is 22.8 Å². The fourth-order valence-corrected chi connectivity index (χ4v) is 4.38. The predicted octanol–water partition coefficient (Wildman–Crippen LogP) is 2.19. The number of fused-ring (bicyclic) bond motifs is 5. The zero-order valence-corrected chi connectivity index (χ0v) is 9.76. The molecule has 1 aromatic heterocycles. The zero-order chi connectivity index (χ0) is 11.4. The van der Waals surface area contributed by atoms with E-state index in [1.165, 1.54) is 19.3 Å². The van der Waals surface area contributed by atoms with Crippen molar-refractivity contribution >= 4 is 5.91 Å². The molecular formula is C14H17NO2. The summed E-state index contributed by atoms with van der Waals surface area (Å²) in [6, 6.07) is 3.76. The summed E-state index contributed by atoms with van der Waals surface area (Å²) in [4.78, 5) is 12.1. The lowest BCUT2D eigenvalue weighted by atomic mass is 10.0. The van der Waals surface area contributed by atoms with Gasteiger partial charge in [0.2, 0.25) is 5.91 Å². The molecule has 1 amide bonds. The number of amides is 1. The molecule has 0 spiro atoms. The van der Waals surface area contributed by atoms with Gasteiger partial charge in [-0.05, 0) is 55.1 Å². The fourth-order valence-electron chi connectivity index (χ4n) is 4.38. The highest BCUT2D eigenvalue weighted by molar-refractivity contribution is 5.82. The molecule has 4 rings (SSSR count). The van der Waals surface area contributed by atoms with Gasteiger partial charge >= 0.3 is 0 Å². The maximum atomic E-state index is 12.1. The van der Waals surface area contributed by atoms with Crippen LogP contribution in [0.1, 0.15) is 25.0 Å². The van der Waals surface area contributed by atoms with Crippen LogP contribution >= 0.6 is 0 Å². The summed E-state index contributed by atoms with van der Waals surface area (Å²) in [7, 11) is 0. The molecule has 0 aliphatic heterocycles.